The second kappa shape index (κ2) is 7.40. The van der Waals surface area contributed by atoms with Gasteiger partial charge in [0.2, 0.25) is 5.95 Å². The van der Waals surface area contributed by atoms with Gasteiger partial charge in [0.05, 0.1) is 21.6 Å². The fourth-order valence-corrected chi connectivity index (χ4v) is 4.17. The van der Waals surface area contributed by atoms with Crippen molar-refractivity contribution in [2.45, 2.75) is 4.90 Å². The number of para-hydroxylation sites is 3. The Morgan fingerprint density at radius 2 is 1.69 bits per heavy atom. The van der Waals surface area contributed by atoms with Gasteiger partial charge in [-0.2, -0.15) is 0 Å². The summed E-state index contributed by atoms with van der Waals surface area (Å²) in [6, 6.07) is 22.1. The van der Waals surface area contributed by atoms with Gasteiger partial charge < -0.3 is 4.98 Å². The van der Waals surface area contributed by atoms with Crippen molar-refractivity contribution in [2.24, 2.45) is 0 Å². The highest BCUT2D eigenvalue weighted by Gasteiger charge is 2.22. The van der Waals surface area contributed by atoms with E-state index in [0.717, 1.165) is 11.0 Å². The fourth-order valence-electron chi connectivity index (χ4n) is 2.92. The fraction of sp³-hybridized carbons (Fsp3) is 0.0476. The zero-order valence-corrected chi connectivity index (χ0v) is 16.3. The zero-order valence-electron chi connectivity index (χ0n) is 15.5. The molecule has 0 saturated heterocycles. The van der Waals surface area contributed by atoms with E-state index in [2.05, 4.69) is 15.3 Å². The maximum atomic E-state index is 13.0. The van der Waals surface area contributed by atoms with Crippen molar-refractivity contribution in [3.8, 4) is 0 Å². The second-order valence-electron chi connectivity index (χ2n) is 6.39. The maximum absolute atomic E-state index is 13.0. The standard InChI is InChI=1S/C21H18N4O3S/c1-25(16-9-3-2-4-10-16)29(27,28)17-11-7-8-15(14-17)20(26)24-21-22-18-12-5-6-13-19(18)23-21/h2-14H,1H3,(H2,22,23,24,26). The van der Waals surface area contributed by atoms with Crippen LogP contribution in [0.3, 0.4) is 0 Å². The van der Waals surface area contributed by atoms with Gasteiger partial charge >= 0.3 is 0 Å². The molecule has 0 spiro atoms. The average molecular weight is 406 g/mol. The summed E-state index contributed by atoms with van der Waals surface area (Å²) in [4.78, 5) is 20.0. The highest BCUT2D eigenvalue weighted by molar-refractivity contribution is 7.92. The van der Waals surface area contributed by atoms with Crippen LogP contribution in [0.5, 0.6) is 0 Å². The van der Waals surface area contributed by atoms with Gasteiger partial charge in [-0.1, -0.05) is 36.4 Å². The summed E-state index contributed by atoms with van der Waals surface area (Å²) in [5.74, 6) is -0.158. The van der Waals surface area contributed by atoms with Gasteiger partial charge in [-0.15, -0.1) is 0 Å². The molecule has 4 aromatic rings. The molecule has 0 bridgehead atoms. The lowest BCUT2D eigenvalue weighted by Crippen LogP contribution is -2.26. The number of carbonyl (C=O) groups excluding carboxylic acids is 1. The van der Waals surface area contributed by atoms with Crippen LogP contribution in [0.15, 0.2) is 83.8 Å². The third-order valence-electron chi connectivity index (χ3n) is 4.50. The third kappa shape index (κ3) is 3.70. The first-order chi connectivity index (χ1) is 13.9. The first kappa shape index (κ1) is 18.7. The number of anilines is 2. The Balaban J connectivity index is 1.60. The Bertz CT molecular complexity index is 1250. The SMILES string of the molecule is CN(c1ccccc1)S(=O)(=O)c1cccc(C(=O)Nc2nc3ccccc3[nH]2)c1. The highest BCUT2D eigenvalue weighted by Crippen LogP contribution is 2.22. The van der Waals surface area contributed by atoms with E-state index in [4.69, 9.17) is 0 Å². The summed E-state index contributed by atoms with van der Waals surface area (Å²) in [6.45, 7) is 0. The summed E-state index contributed by atoms with van der Waals surface area (Å²) in [7, 11) is -2.33. The number of hydrogen-bond donors (Lipinski definition) is 2. The van der Waals surface area contributed by atoms with Gasteiger partial charge in [0.15, 0.2) is 0 Å². The summed E-state index contributed by atoms with van der Waals surface area (Å²) >= 11 is 0. The first-order valence-corrected chi connectivity index (χ1v) is 10.3. The van der Waals surface area contributed by atoms with Gasteiger partial charge in [0, 0.05) is 12.6 Å². The normalized spacial score (nSPS) is 11.3. The van der Waals surface area contributed by atoms with Crippen LogP contribution in [0.2, 0.25) is 0 Å². The number of amides is 1. The number of carbonyl (C=O) groups is 1. The number of hydrogen-bond acceptors (Lipinski definition) is 4. The van der Waals surface area contributed by atoms with Crippen molar-refractivity contribution < 1.29 is 13.2 Å². The number of nitrogens with one attached hydrogen (secondary N) is 2. The molecule has 7 nitrogen and oxygen atoms in total. The van der Waals surface area contributed by atoms with E-state index in [0.29, 0.717) is 11.6 Å². The molecule has 0 unspecified atom stereocenters. The minimum Gasteiger partial charge on any atom is -0.324 e. The molecule has 1 aromatic heterocycles. The third-order valence-corrected chi connectivity index (χ3v) is 6.28. The van der Waals surface area contributed by atoms with Crippen molar-refractivity contribution in [1.29, 1.82) is 0 Å². The van der Waals surface area contributed by atoms with Gasteiger partial charge in [-0.05, 0) is 42.5 Å². The number of H-pyrrole nitrogens is 1. The molecule has 0 fully saturated rings. The van der Waals surface area contributed by atoms with Crippen LogP contribution in [0.1, 0.15) is 10.4 Å². The molecule has 0 aliphatic rings. The smallest absolute Gasteiger partial charge is 0.264 e. The van der Waals surface area contributed by atoms with Crippen LogP contribution < -0.4 is 9.62 Å². The van der Waals surface area contributed by atoms with Crippen LogP contribution in [0.25, 0.3) is 11.0 Å². The average Bonchev–Trinajstić information content (AvgIpc) is 3.16. The summed E-state index contributed by atoms with van der Waals surface area (Å²) in [6.07, 6.45) is 0. The Kier molecular flexibility index (Phi) is 4.77. The van der Waals surface area contributed by atoms with Crippen LogP contribution in [0, 0.1) is 0 Å². The van der Waals surface area contributed by atoms with Crippen molar-refractivity contribution in [2.75, 3.05) is 16.7 Å². The number of aromatic nitrogens is 2. The molecule has 0 aliphatic carbocycles. The van der Waals surface area contributed by atoms with Crippen molar-refractivity contribution in [1.82, 2.24) is 9.97 Å². The Hall–Kier alpha value is -3.65. The lowest BCUT2D eigenvalue weighted by atomic mass is 10.2. The van der Waals surface area contributed by atoms with Gasteiger partial charge in [-0.25, -0.2) is 13.4 Å². The van der Waals surface area contributed by atoms with Gasteiger partial charge in [0.1, 0.15) is 0 Å². The maximum Gasteiger partial charge on any atom is 0.264 e. The minimum atomic E-state index is -3.81. The molecule has 8 heteroatoms. The molecule has 0 atom stereocenters. The number of benzene rings is 3. The predicted octanol–water partition coefficient (Wildman–Crippen LogP) is 3.64. The van der Waals surface area contributed by atoms with E-state index in [1.54, 1.807) is 36.4 Å². The summed E-state index contributed by atoms with van der Waals surface area (Å²) in [5, 5.41) is 2.67. The zero-order chi connectivity index (χ0) is 20.4. The molecule has 0 saturated carbocycles. The molecule has 1 amide bonds. The Morgan fingerprint density at radius 3 is 2.45 bits per heavy atom. The molecule has 4 rings (SSSR count). The van der Waals surface area contributed by atoms with E-state index in [1.807, 2.05) is 30.3 Å². The predicted molar refractivity (Wildman–Crippen MR) is 113 cm³/mol. The topological polar surface area (TPSA) is 95.2 Å². The van der Waals surface area contributed by atoms with E-state index in [9.17, 15) is 13.2 Å². The van der Waals surface area contributed by atoms with Crippen LogP contribution in [0.4, 0.5) is 11.6 Å². The Labute approximate surface area is 168 Å². The molecule has 1 heterocycles. The van der Waals surface area contributed by atoms with Gasteiger partial charge in [0.25, 0.3) is 15.9 Å². The Morgan fingerprint density at radius 1 is 0.966 bits per heavy atom. The quantitative estimate of drug-likeness (QED) is 0.529. The molecule has 3 aromatic carbocycles. The molecule has 146 valence electrons. The van der Waals surface area contributed by atoms with E-state index >= 15 is 0 Å². The molecule has 29 heavy (non-hydrogen) atoms. The second-order valence-corrected chi connectivity index (χ2v) is 8.36. The lowest BCUT2D eigenvalue weighted by Gasteiger charge is -2.19. The largest absolute Gasteiger partial charge is 0.324 e. The first-order valence-electron chi connectivity index (χ1n) is 8.85. The number of sulfonamides is 1. The van der Waals surface area contributed by atoms with E-state index in [-0.39, 0.29) is 10.5 Å². The molecule has 0 aliphatic heterocycles. The summed E-state index contributed by atoms with van der Waals surface area (Å²) < 4.78 is 27.1. The number of rotatable bonds is 5. The number of fused-ring (bicyclic) bond motifs is 1. The van der Waals surface area contributed by atoms with Crippen LogP contribution in [-0.4, -0.2) is 31.3 Å². The van der Waals surface area contributed by atoms with E-state index < -0.39 is 15.9 Å². The van der Waals surface area contributed by atoms with E-state index in [1.165, 1.54) is 23.5 Å². The number of nitrogens with zero attached hydrogens (tertiary/aromatic N) is 2. The number of imidazole rings is 1. The van der Waals surface area contributed by atoms with Crippen molar-refractivity contribution >= 4 is 38.6 Å². The van der Waals surface area contributed by atoms with Gasteiger partial charge in [-0.3, -0.25) is 14.4 Å². The molecular weight excluding hydrogens is 388 g/mol. The molecule has 2 N–H and O–H groups in total. The van der Waals surface area contributed by atoms with Crippen LogP contribution in [-0.2, 0) is 10.0 Å². The lowest BCUT2D eigenvalue weighted by molar-refractivity contribution is 0.102. The molecular formula is C21H18N4O3S. The molecule has 0 radical (unpaired) electrons. The highest BCUT2D eigenvalue weighted by atomic mass is 32.2. The van der Waals surface area contributed by atoms with Crippen LogP contribution >= 0.6 is 0 Å². The minimum absolute atomic E-state index is 0.0288. The number of aromatic amines is 1. The van der Waals surface area contributed by atoms with Crippen molar-refractivity contribution in [3.63, 3.8) is 0 Å². The van der Waals surface area contributed by atoms with Crippen molar-refractivity contribution in [3.05, 3.63) is 84.4 Å². The summed E-state index contributed by atoms with van der Waals surface area (Å²) in [5.41, 5.74) is 2.27. The monoisotopic (exact) mass is 406 g/mol.